The molecule has 0 aliphatic rings. The molecule has 2 amide bonds. The number of hydrogen-bond donors (Lipinski definition) is 3. The second kappa shape index (κ2) is 7.83. The van der Waals surface area contributed by atoms with E-state index in [0.717, 1.165) is 6.07 Å². The van der Waals surface area contributed by atoms with Crippen molar-refractivity contribution in [3.05, 3.63) is 48.0 Å². The van der Waals surface area contributed by atoms with Gasteiger partial charge in [-0.15, -0.1) is 0 Å². The predicted molar refractivity (Wildman–Crippen MR) is 83.3 cm³/mol. The van der Waals surface area contributed by atoms with Crippen LogP contribution in [0.1, 0.15) is 23.2 Å². The number of rotatable bonds is 7. The van der Waals surface area contributed by atoms with Crippen LogP contribution in [0, 0.1) is 5.82 Å². The lowest BCUT2D eigenvalue weighted by atomic mass is 10.1. The normalized spacial score (nSPS) is 10.1. The molecule has 1 heterocycles. The lowest BCUT2D eigenvalue weighted by Gasteiger charge is -2.07. The smallest absolute Gasteiger partial charge is 0.251 e. The molecule has 0 spiro atoms. The first-order chi connectivity index (χ1) is 11.1. The number of amides is 2. The van der Waals surface area contributed by atoms with Gasteiger partial charge in [-0.2, -0.15) is 0 Å². The van der Waals surface area contributed by atoms with Gasteiger partial charge in [-0.05, 0) is 30.7 Å². The molecule has 8 heteroatoms. The van der Waals surface area contributed by atoms with E-state index in [4.69, 9.17) is 5.73 Å². The van der Waals surface area contributed by atoms with Crippen LogP contribution >= 0.6 is 0 Å². The summed E-state index contributed by atoms with van der Waals surface area (Å²) in [6, 6.07) is 5.38. The lowest BCUT2D eigenvalue weighted by Crippen LogP contribution is -2.16. The quantitative estimate of drug-likeness (QED) is 0.671. The third kappa shape index (κ3) is 5.03. The van der Waals surface area contributed by atoms with Crippen LogP contribution in [0.3, 0.4) is 0 Å². The lowest BCUT2D eigenvalue weighted by molar-refractivity contribution is -0.116. The summed E-state index contributed by atoms with van der Waals surface area (Å²) < 4.78 is 13.3. The zero-order valence-electron chi connectivity index (χ0n) is 12.3. The van der Waals surface area contributed by atoms with E-state index in [0.29, 0.717) is 24.6 Å². The predicted octanol–water partition coefficient (Wildman–Crippen LogP) is 1.55. The molecule has 0 unspecified atom stereocenters. The van der Waals surface area contributed by atoms with E-state index in [2.05, 4.69) is 20.6 Å². The van der Waals surface area contributed by atoms with Crippen LogP contribution in [-0.2, 0) is 4.79 Å². The fraction of sp³-hybridized carbons (Fsp3) is 0.200. The van der Waals surface area contributed by atoms with E-state index in [1.165, 1.54) is 12.1 Å². The van der Waals surface area contributed by atoms with Gasteiger partial charge in [0.2, 0.25) is 11.9 Å². The van der Waals surface area contributed by atoms with Gasteiger partial charge >= 0.3 is 0 Å². The first kappa shape index (κ1) is 16.3. The van der Waals surface area contributed by atoms with Crippen LogP contribution < -0.4 is 16.4 Å². The van der Waals surface area contributed by atoms with Gasteiger partial charge in [0.15, 0.2) is 0 Å². The fourth-order valence-corrected chi connectivity index (χ4v) is 1.85. The van der Waals surface area contributed by atoms with Gasteiger partial charge in [0, 0.05) is 31.0 Å². The molecule has 0 atom stereocenters. The zero-order chi connectivity index (χ0) is 16.7. The third-order valence-electron chi connectivity index (χ3n) is 2.95. The summed E-state index contributed by atoms with van der Waals surface area (Å²) >= 11 is 0. The van der Waals surface area contributed by atoms with Crippen molar-refractivity contribution in [2.45, 2.75) is 12.8 Å². The van der Waals surface area contributed by atoms with Crippen LogP contribution in [0.4, 0.5) is 16.0 Å². The monoisotopic (exact) mass is 317 g/mol. The molecule has 0 saturated carbocycles. The molecule has 0 fully saturated rings. The molecular formula is C15H16FN5O2. The molecular weight excluding hydrogens is 301 g/mol. The summed E-state index contributed by atoms with van der Waals surface area (Å²) in [4.78, 5) is 30.9. The molecule has 0 aliphatic carbocycles. The zero-order valence-corrected chi connectivity index (χ0v) is 12.3. The number of halogens is 1. The van der Waals surface area contributed by atoms with E-state index in [-0.39, 0.29) is 17.9 Å². The largest absolute Gasteiger partial charge is 0.366 e. The summed E-state index contributed by atoms with van der Waals surface area (Å²) in [5.74, 6) is -1.35. The van der Waals surface area contributed by atoms with E-state index < -0.39 is 11.7 Å². The second-order valence-corrected chi connectivity index (χ2v) is 4.71. The molecule has 1 aromatic heterocycles. The summed E-state index contributed by atoms with van der Waals surface area (Å²) in [5.41, 5.74) is 5.12. The molecule has 0 saturated heterocycles. The fourth-order valence-electron chi connectivity index (χ4n) is 1.85. The summed E-state index contributed by atoms with van der Waals surface area (Å²) in [7, 11) is 0. The third-order valence-corrected chi connectivity index (χ3v) is 2.95. The minimum atomic E-state index is -0.884. The standard InChI is InChI=1S/C15H16FN5O2/c16-12-5-4-10(9-11(12)14(17)23)21-13(22)3-1-6-18-15-19-7-2-8-20-15/h2,4-5,7-9H,1,3,6H2,(H2,17,23)(H,21,22)(H,18,19,20). The number of primary amides is 1. The van der Waals surface area contributed by atoms with E-state index in [1.54, 1.807) is 18.5 Å². The van der Waals surface area contributed by atoms with E-state index in [1.807, 2.05) is 0 Å². The number of nitrogens with one attached hydrogen (secondary N) is 2. The highest BCUT2D eigenvalue weighted by molar-refractivity contribution is 5.96. The summed E-state index contributed by atoms with van der Waals surface area (Å²) in [6.45, 7) is 0.535. The Labute approximate surface area is 132 Å². The maximum Gasteiger partial charge on any atom is 0.251 e. The highest BCUT2D eigenvalue weighted by atomic mass is 19.1. The van der Waals surface area contributed by atoms with E-state index in [9.17, 15) is 14.0 Å². The van der Waals surface area contributed by atoms with Crippen molar-refractivity contribution >= 4 is 23.5 Å². The maximum absolute atomic E-state index is 13.3. The van der Waals surface area contributed by atoms with Gasteiger partial charge < -0.3 is 16.4 Å². The van der Waals surface area contributed by atoms with Crippen LogP contribution in [-0.4, -0.2) is 28.3 Å². The number of hydrogen-bond acceptors (Lipinski definition) is 5. The molecule has 23 heavy (non-hydrogen) atoms. The molecule has 4 N–H and O–H groups in total. The Bertz CT molecular complexity index is 694. The van der Waals surface area contributed by atoms with Gasteiger partial charge in [-0.25, -0.2) is 14.4 Å². The van der Waals surface area contributed by atoms with Crippen LogP contribution in [0.15, 0.2) is 36.7 Å². The Hall–Kier alpha value is -3.03. The maximum atomic E-state index is 13.3. The minimum absolute atomic E-state index is 0.247. The molecule has 7 nitrogen and oxygen atoms in total. The van der Waals surface area contributed by atoms with E-state index >= 15 is 0 Å². The van der Waals surface area contributed by atoms with Gasteiger partial charge in [-0.1, -0.05) is 0 Å². The van der Waals surface area contributed by atoms with Crippen molar-refractivity contribution in [1.82, 2.24) is 9.97 Å². The summed E-state index contributed by atoms with van der Waals surface area (Å²) in [6.07, 6.45) is 4.05. The van der Waals surface area contributed by atoms with Crippen molar-refractivity contribution in [3.8, 4) is 0 Å². The average molecular weight is 317 g/mol. The molecule has 120 valence electrons. The van der Waals surface area contributed by atoms with Crippen molar-refractivity contribution < 1.29 is 14.0 Å². The number of aromatic nitrogens is 2. The SMILES string of the molecule is NC(=O)c1cc(NC(=O)CCCNc2ncccn2)ccc1F. The average Bonchev–Trinajstić information content (AvgIpc) is 2.54. The van der Waals surface area contributed by atoms with Gasteiger partial charge in [0.05, 0.1) is 5.56 Å². The van der Waals surface area contributed by atoms with Crippen LogP contribution in [0.2, 0.25) is 0 Å². The number of carbonyl (C=O) groups is 2. The molecule has 0 aliphatic heterocycles. The van der Waals surface area contributed by atoms with Crippen LogP contribution in [0.25, 0.3) is 0 Å². The Morgan fingerprint density at radius 3 is 2.65 bits per heavy atom. The topological polar surface area (TPSA) is 110 Å². The highest BCUT2D eigenvalue weighted by Gasteiger charge is 2.10. The molecule has 0 bridgehead atoms. The number of anilines is 2. The van der Waals surface area contributed by atoms with Crippen LogP contribution in [0.5, 0.6) is 0 Å². The van der Waals surface area contributed by atoms with Crippen molar-refractivity contribution in [2.75, 3.05) is 17.2 Å². The number of nitrogens with two attached hydrogens (primary N) is 1. The molecule has 2 rings (SSSR count). The van der Waals surface area contributed by atoms with Crippen molar-refractivity contribution in [2.24, 2.45) is 5.73 Å². The number of benzene rings is 1. The van der Waals surface area contributed by atoms with Gasteiger partial charge in [-0.3, -0.25) is 9.59 Å². The molecule has 0 radical (unpaired) electrons. The molecule has 2 aromatic rings. The number of carbonyl (C=O) groups excluding carboxylic acids is 2. The second-order valence-electron chi connectivity index (χ2n) is 4.71. The Balaban J connectivity index is 1.79. The molecule has 1 aromatic carbocycles. The first-order valence-electron chi connectivity index (χ1n) is 6.96. The first-order valence-corrected chi connectivity index (χ1v) is 6.96. The Morgan fingerprint density at radius 2 is 1.96 bits per heavy atom. The van der Waals surface area contributed by atoms with Crippen molar-refractivity contribution in [3.63, 3.8) is 0 Å². The highest BCUT2D eigenvalue weighted by Crippen LogP contribution is 2.14. The minimum Gasteiger partial charge on any atom is -0.366 e. The van der Waals surface area contributed by atoms with Gasteiger partial charge in [0.1, 0.15) is 5.82 Å². The number of nitrogens with zero attached hydrogens (tertiary/aromatic N) is 2. The summed E-state index contributed by atoms with van der Waals surface area (Å²) in [5, 5.41) is 5.57. The van der Waals surface area contributed by atoms with Gasteiger partial charge in [0.25, 0.3) is 5.91 Å². The Morgan fingerprint density at radius 1 is 1.22 bits per heavy atom. The Kier molecular flexibility index (Phi) is 5.56. The van der Waals surface area contributed by atoms with Crippen molar-refractivity contribution in [1.29, 1.82) is 0 Å².